The zero-order chi connectivity index (χ0) is 18.0. The molecule has 25 heavy (non-hydrogen) atoms. The normalized spacial score (nSPS) is 48.9. The molecule has 4 aliphatic carbocycles. The van der Waals surface area contributed by atoms with Gasteiger partial charge in [0.25, 0.3) is 0 Å². The molecule has 7 atom stereocenters. The van der Waals surface area contributed by atoms with Crippen molar-refractivity contribution < 1.29 is 14.3 Å². The van der Waals surface area contributed by atoms with Gasteiger partial charge in [-0.05, 0) is 61.7 Å². The van der Waals surface area contributed by atoms with Crippen molar-refractivity contribution >= 4 is 11.8 Å². The van der Waals surface area contributed by atoms with Crippen LogP contribution in [0.3, 0.4) is 0 Å². The second kappa shape index (κ2) is 5.69. The Morgan fingerprint density at radius 1 is 1.16 bits per heavy atom. The zero-order valence-corrected chi connectivity index (χ0v) is 16.1. The fourth-order valence-electron chi connectivity index (χ4n) is 7.07. The van der Waals surface area contributed by atoms with Crippen molar-refractivity contribution in [3.63, 3.8) is 0 Å². The van der Waals surface area contributed by atoms with Gasteiger partial charge >= 0.3 is 5.97 Å². The van der Waals surface area contributed by atoms with Gasteiger partial charge in [0.2, 0.25) is 0 Å². The van der Waals surface area contributed by atoms with E-state index < -0.39 is 0 Å². The lowest BCUT2D eigenvalue weighted by Gasteiger charge is -2.56. The molecule has 0 aromatic carbocycles. The number of Topliss-reactive ketones (excluding diaryl/α,β-unsaturated/α-hetero) is 1. The van der Waals surface area contributed by atoms with E-state index in [9.17, 15) is 9.59 Å². The highest BCUT2D eigenvalue weighted by atomic mass is 16.5. The average molecular weight is 344 g/mol. The standard InChI is InChI=1S/C22H32O3/c1-13-11-19-17-6-5-15-12-16(25-14(2)23)7-9-21(15,3)18(17)8-10-22(19,4)20(13)24/h5,13,16-19H,6-12H2,1-4H3/t13-,16+,17+,18-,19-,21+,22+/m1/s1. The Kier molecular flexibility index (Phi) is 3.94. The van der Waals surface area contributed by atoms with E-state index in [1.54, 1.807) is 0 Å². The van der Waals surface area contributed by atoms with Crippen LogP contribution in [0.4, 0.5) is 0 Å². The van der Waals surface area contributed by atoms with E-state index in [1.165, 1.54) is 18.9 Å². The molecule has 0 unspecified atom stereocenters. The zero-order valence-electron chi connectivity index (χ0n) is 16.1. The lowest BCUT2D eigenvalue weighted by molar-refractivity contribution is -0.148. The molecule has 0 heterocycles. The molecule has 0 amide bonds. The molecule has 0 aromatic heterocycles. The largest absolute Gasteiger partial charge is 0.462 e. The van der Waals surface area contributed by atoms with Crippen molar-refractivity contribution in [1.82, 2.24) is 0 Å². The molecule has 0 saturated heterocycles. The molecular formula is C22H32O3. The highest BCUT2D eigenvalue weighted by Crippen LogP contribution is 2.64. The van der Waals surface area contributed by atoms with Crippen LogP contribution >= 0.6 is 0 Å². The molecule has 3 nitrogen and oxygen atoms in total. The van der Waals surface area contributed by atoms with Gasteiger partial charge in [0, 0.05) is 24.7 Å². The summed E-state index contributed by atoms with van der Waals surface area (Å²) in [5.41, 5.74) is 1.69. The number of fused-ring (bicyclic) bond motifs is 5. The van der Waals surface area contributed by atoms with Gasteiger partial charge in [-0.2, -0.15) is 0 Å². The third-order valence-corrected chi connectivity index (χ3v) is 8.40. The topological polar surface area (TPSA) is 43.4 Å². The van der Waals surface area contributed by atoms with Crippen LogP contribution < -0.4 is 0 Å². The Labute approximate surface area is 151 Å². The lowest BCUT2D eigenvalue weighted by atomic mass is 9.48. The summed E-state index contributed by atoms with van der Waals surface area (Å²) in [4.78, 5) is 24.1. The first-order valence-electron chi connectivity index (χ1n) is 10.2. The maximum Gasteiger partial charge on any atom is 0.302 e. The minimum atomic E-state index is -0.158. The summed E-state index contributed by atoms with van der Waals surface area (Å²) in [7, 11) is 0. The van der Waals surface area contributed by atoms with E-state index in [2.05, 4.69) is 26.8 Å². The highest BCUT2D eigenvalue weighted by Gasteiger charge is 2.60. The predicted octanol–water partition coefficient (Wildman–Crippen LogP) is 4.70. The van der Waals surface area contributed by atoms with Crippen LogP contribution in [0.2, 0.25) is 0 Å². The molecule has 0 aromatic rings. The Hall–Kier alpha value is -1.12. The van der Waals surface area contributed by atoms with Crippen LogP contribution in [0.15, 0.2) is 11.6 Å². The van der Waals surface area contributed by atoms with Gasteiger partial charge < -0.3 is 4.74 Å². The van der Waals surface area contributed by atoms with Crippen LogP contribution in [0.1, 0.15) is 72.6 Å². The minimum absolute atomic E-state index is 0.0651. The molecule has 0 spiro atoms. The molecular weight excluding hydrogens is 312 g/mol. The summed E-state index contributed by atoms with van der Waals surface area (Å²) in [5.74, 6) is 2.53. The van der Waals surface area contributed by atoms with Crippen molar-refractivity contribution in [3.8, 4) is 0 Å². The number of allylic oxidation sites excluding steroid dienone is 1. The first-order valence-corrected chi connectivity index (χ1v) is 10.2. The molecule has 4 aliphatic rings. The number of hydrogen-bond acceptors (Lipinski definition) is 3. The molecule has 4 rings (SSSR count). The molecule has 138 valence electrons. The molecule has 0 aliphatic heterocycles. The summed E-state index contributed by atoms with van der Waals surface area (Å²) in [6, 6.07) is 0. The number of esters is 1. The number of ketones is 1. The second-order valence-corrected chi connectivity index (χ2v) is 9.69. The van der Waals surface area contributed by atoms with Crippen LogP contribution in [-0.4, -0.2) is 17.9 Å². The maximum atomic E-state index is 12.8. The van der Waals surface area contributed by atoms with Crippen molar-refractivity contribution in [2.75, 3.05) is 0 Å². The van der Waals surface area contributed by atoms with Crippen LogP contribution in [0.25, 0.3) is 0 Å². The Bertz CT molecular complexity index is 635. The van der Waals surface area contributed by atoms with Gasteiger partial charge in [0.05, 0.1) is 0 Å². The van der Waals surface area contributed by atoms with Gasteiger partial charge in [-0.25, -0.2) is 0 Å². The molecule has 3 heteroatoms. The summed E-state index contributed by atoms with van der Waals surface area (Å²) in [6.07, 6.45) is 9.98. The van der Waals surface area contributed by atoms with E-state index in [0.29, 0.717) is 23.5 Å². The third-order valence-electron chi connectivity index (χ3n) is 8.40. The quantitative estimate of drug-likeness (QED) is 0.512. The van der Waals surface area contributed by atoms with Gasteiger partial charge in [-0.3, -0.25) is 9.59 Å². The maximum absolute atomic E-state index is 12.8. The Balaban J connectivity index is 1.61. The first-order chi connectivity index (χ1) is 11.8. The Morgan fingerprint density at radius 2 is 1.88 bits per heavy atom. The van der Waals surface area contributed by atoms with Crippen LogP contribution in [0, 0.1) is 34.5 Å². The SMILES string of the molecule is CC(=O)O[C@H]1CC[C@@]2(C)C(=CC[C@H]3[C@H]2CC[C@]2(C)C(=O)[C@H](C)C[C@H]32)C1. The third kappa shape index (κ3) is 2.44. The molecule has 0 bridgehead atoms. The van der Waals surface area contributed by atoms with Crippen LogP contribution in [0.5, 0.6) is 0 Å². The summed E-state index contributed by atoms with van der Waals surface area (Å²) >= 11 is 0. The Morgan fingerprint density at radius 3 is 2.60 bits per heavy atom. The van der Waals surface area contributed by atoms with E-state index >= 15 is 0 Å². The highest BCUT2D eigenvalue weighted by molar-refractivity contribution is 5.89. The predicted molar refractivity (Wildman–Crippen MR) is 96.8 cm³/mol. The molecule has 0 N–H and O–H groups in total. The fourth-order valence-corrected chi connectivity index (χ4v) is 7.07. The second-order valence-electron chi connectivity index (χ2n) is 9.69. The van der Waals surface area contributed by atoms with Gasteiger partial charge in [-0.1, -0.05) is 32.4 Å². The monoisotopic (exact) mass is 344 g/mol. The molecule has 0 radical (unpaired) electrons. The van der Waals surface area contributed by atoms with Crippen molar-refractivity contribution in [2.45, 2.75) is 78.7 Å². The van der Waals surface area contributed by atoms with Crippen LogP contribution in [-0.2, 0) is 14.3 Å². The number of rotatable bonds is 1. The lowest BCUT2D eigenvalue weighted by Crippen LogP contribution is -2.50. The first kappa shape index (κ1) is 17.3. The van der Waals surface area contributed by atoms with E-state index in [-0.39, 0.29) is 28.8 Å². The molecule has 3 saturated carbocycles. The van der Waals surface area contributed by atoms with Gasteiger partial charge in [0.1, 0.15) is 11.9 Å². The van der Waals surface area contributed by atoms with Gasteiger partial charge in [-0.15, -0.1) is 0 Å². The fraction of sp³-hybridized carbons (Fsp3) is 0.818. The van der Waals surface area contributed by atoms with E-state index in [1.807, 2.05) is 0 Å². The number of hydrogen-bond donors (Lipinski definition) is 0. The van der Waals surface area contributed by atoms with Crippen molar-refractivity contribution in [2.24, 2.45) is 34.5 Å². The summed E-state index contributed by atoms with van der Waals surface area (Å²) in [5, 5.41) is 0. The molecule has 3 fully saturated rings. The minimum Gasteiger partial charge on any atom is -0.462 e. The van der Waals surface area contributed by atoms with Crippen molar-refractivity contribution in [3.05, 3.63) is 11.6 Å². The number of ether oxygens (including phenoxy) is 1. The van der Waals surface area contributed by atoms with Crippen molar-refractivity contribution in [1.29, 1.82) is 0 Å². The number of carbonyl (C=O) groups excluding carboxylic acids is 2. The average Bonchev–Trinajstić information content (AvgIpc) is 2.78. The van der Waals surface area contributed by atoms with E-state index in [4.69, 9.17) is 4.74 Å². The van der Waals surface area contributed by atoms with Gasteiger partial charge in [0.15, 0.2) is 0 Å². The summed E-state index contributed by atoms with van der Waals surface area (Å²) in [6.45, 7) is 8.34. The number of carbonyl (C=O) groups is 2. The smallest absolute Gasteiger partial charge is 0.302 e. The summed E-state index contributed by atoms with van der Waals surface area (Å²) < 4.78 is 5.51. The van der Waals surface area contributed by atoms with E-state index in [0.717, 1.165) is 38.5 Å².